The number of hydrogen-bond donors (Lipinski definition) is 1. The lowest BCUT2D eigenvalue weighted by atomic mass is 10.1. The number of aliphatic carboxylic acids is 1. The van der Waals surface area contributed by atoms with Gasteiger partial charge < -0.3 is 24.1 Å². The summed E-state index contributed by atoms with van der Waals surface area (Å²) in [6.07, 6.45) is -3.76. The molecule has 36 heavy (non-hydrogen) atoms. The van der Waals surface area contributed by atoms with Crippen LogP contribution >= 0.6 is 0 Å². The second-order valence-electron chi connectivity index (χ2n) is 9.01. The number of benzene rings is 2. The second kappa shape index (κ2) is 10.8. The molecule has 0 saturated carbocycles. The number of morpholine rings is 1. The molecule has 4 rings (SSSR count). The molecule has 0 aromatic heterocycles. The van der Waals surface area contributed by atoms with Crippen LogP contribution < -0.4 is 14.2 Å². The van der Waals surface area contributed by atoms with Crippen LogP contribution in [0.2, 0.25) is 0 Å². The number of carboxylic acid groups (broad SMARTS) is 1. The van der Waals surface area contributed by atoms with Gasteiger partial charge in [0, 0.05) is 31.3 Å². The van der Waals surface area contributed by atoms with Crippen LogP contribution in [0.5, 0.6) is 17.2 Å². The average molecular weight is 508 g/mol. The fraction of sp³-hybridized carbons (Fsp3) is 0.423. The zero-order valence-corrected chi connectivity index (χ0v) is 20.0. The number of ether oxygens (including phenoxy) is 4. The number of nitrogens with zero attached hydrogens (tertiary/aromatic N) is 1. The van der Waals surface area contributed by atoms with Gasteiger partial charge in [0.15, 0.2) is 6.10 Å². The van der Waals surface area contributed by atoms with Crippen LogP contribution in [0.15, 0.2) is 42.0 Å². The van der Waals surface area contributed by atoms with E-state index in [1.807, 2.05) is 17.0 Å². The Hall–Kier alpha value is -3.24. The van der Waals surface area contributed by atoms with Crippen molar-refractivity contribution in [1.82, 2.24) is 4.90 Å². The van der Waals surface area contributed by atoms with Crippen molar-refractivity contribution < 1.29 is 42.0 Å². The lowest BCUT2D eigenvalue weighted by molar-refractivity contribution is -0.155. The van der Waals surface area contributed by atoms with Gasteiger partial charge in [-0.1, -0.05) is 6.07 Å². The Morgan fingerprint density at radius 3 is 2.75 bits per heavy atom. The summed E-state index contributed by atoms with van der Waals surface area (Å²) in [6.45, 7) is 5.53. The summed E-state index contributed by atoms with van der Waals surface area (Å²) in [4.78, 5) is 13.2. The summed E-state index contributed by atoms with van der Waals surface area (Å²) in [6, 6.07) is 9.18. The molecule has 2 aliphatic heterocycles. The van der Waals surface area contributed by atoms with E-state index in [1.54, 1.807) is 32.0 Å². The number of halogens is 3. The quantitative estimate of drug-likeness (QED) is 0.558. The zero-order valence-electron chi connectivity index (χ0n) is 20.0. The Balaban J connectivity index is 1.40. The van der Waals surface area contributed by atoms with Crippen molar-refractivity contribution in [1.29, 1.82) is 0 Å². The van der Waals surface area contributed by atoms with Gasteiger partial charge >= 0.3 is 12.1 Å². The van der Waals surface area contributed by atoms with Crippen molar-refractivity contribution in [2.24, 2.45) is 0 Å². The van der Waals surface area contributed by atoms with Crippen LogP contribution in [0, 0.1) is 0 Å². The first-order valence-electron chi connectivity index (χ1n) is 11.6. The molecule has 194 valence electrons. The van der Waals surface area contributed by atoms with Crippen LogP contribution in [0.4, 0.5) is 13.2 Å². The molecular formula is C26H28F3NO6. The molecule has 0 amide bonds. The van der Waals surface area contributed by atoms with Crippen LogP contribution in [0.1, 0.15) is 30.5 Å². The third-order valence-electron chi connectivity index (χ3n) is 5.73. The molecule has 0 aliphatic carbocycles. The Morgan fingerprint density at radius 2 is 2.03 bits per heavy atom. The molecule has 2 aliphatic rings. The van der Waals surface area contributed by atoms with Crippen molar-refractivity contribution in [3.63, 3.8) is 0 Å². The molecule has 2 aromatic carbocycles. The number of rotatable bonds is 8. The minimum atomic E-state index is -4.54. The summed E-state index contributed by atoms with van der Waals surface area (Å²) in [7, 11) is 0. The van der Waals surface area contributed by atoms with Crippen molar-refractivity contribution in [3.8, 4) is 17.2 Å². The molecule has 2 aromatic rings. The largest absolute Gasteiger partial charge is 0.490 e. The first-order chi connectivity index (χ1) is 17.1. The summed E-state index contributed by atoms with van der Waals surface area (Å²) < 4.78 is 62.6. The smallest absolute Gasteiger partial charge is 0.419 e. The highest BCUT2D eigenvalue weighted by molar-refractivity contribution is 5.72. The van der Waals surface area contributed by atoms with E-state index >= 15 is 0 Å². The van der Waals surface area contributed by atoms with E-state index in [4.69, 9.17) is 24.1 Å². The number of carbonyl (C=O) groups is 1. The van der Waals surface area contributed by atoms with Gasteiger partial charge in [-0.2, -0.15) is 13.2 Å². The highest BCUT2D eigenvalue weighted by Crippen LogP contribution is 2.38. The van der Waals surface area contributed by atoms with E-state index in [0.29, 0.717) is 49.9 Å². The van der Waals surface area contributed by atoms with Crippen molar-refractivity contribution in [2.45, 2.75) is 38.8 Å². The van der Waals surface area contributed by atoms with Gasteiger partial charge in [-0.3, -0.25) is 4.90 Å². The van der Waals surface area contributed by atoms with Crippen molar-refractivity contribution in [2.75, 3.05) is 32.8 Å². The Morgan fingerprint density at radius 1 is 1.22 bits per heavy atom. The lowest BCUT2D eigenvalue weighted by Crippen LogP contribution is -2.46. The molecule has 1 saturated heterocycles. The fourth-order valence-corrected chi connectivity index (χ4v) is 4.07. The average Bonchev–Trinajstić information content (AvgIpc) is 2.82. The van der Waals surface area contributed by atoms with E-state index in [9.17, 15) is 18.0 Å². The Kier molecular flexibility index (Phi) is 7.75. The molecule has 1 unspecified atom stereocenters. The maximum atomic E-state index is 13.5. The Bertz CT molecular complexity index is 1130. The normalized spacial score (nSPS) is 18.3. The zero-order chi connectivity index (χ0) is 25.9. The summed E-state index contributed by atoms with van der Waals surface area (Å²) >= 11 is 0. The molecule has 0 radical (unpaired) electrons. The molecule has 10 heteroatoms. The summed E-state index contributed by atoms with van der Waals surface area (Å²) in [5.41, 5.74) is 1.38. The molecule has 1 atom stereocenters. The third kappa shape index (κ3) is 6.50. The van der Waals surface area contributed by atoms with Gasteiger partial charge in [-0.05, 0) is 55.3 Å². The summed E-state index contributed by atoms with van der Waals surface area (Å²) in [5.74, 6) is -0.0973. The minimum Gasteiger partial charge on any atom is -0.490 e. The molecular weight excluding hydrogens is 479 g/mol. The number of carboxylic acids is 1. The highest BCUT2D eigenvalue weighted by Gasteiger charge is 2.35. The maximum absolute atomic E-state index is 13.5. The molecule has 2 heterocycles. The standard InChI is InChI=1S/C26H28F3NO6/c1-16(2)36-22-6-3-17(10-21(22)26(27,28)29)14-34-20-5-4-19-9-18(15-35-23(19)11-20)12-30-7-8-33-24(13-30)25(31)32/h3-6,9-11,16,24H,7-8,12-15H2,1-2H3,(H,31,32). The number of fused-ring (bicyclic) bond motifs is 1. The van der Waals surface area contributed by atoms with E-state index in [-0.39, 0.29) is 18.5 Å². The predicted molar refractivity (Wildman–Crippen MR) is 125 cm³/mol. The molecule has 1 N–H and O–H groups in total. The molecule has 7 nitrogen and oxygen atoms in total. The first-order valence-corrected chi connectivity index (χ1v) is 11.6. The Labute approximate surface area is 207 Å². The van der Waals surface area contributed by atoms with Gasteiger partial charge in [0.25, 0.3) is 0 Å². The molecule has 1 fully saturated rings. The number of alkyl halides is 3. The van der Waals surface area contributed by atoms with Crippen LogP contribution in [0.25, 0.3) is 6.08 Å². The second-order valence-corrected chi connectivity index (χ2v) is 9.01. The lowest BCUT2D eigenvalue weighted by Gasteiger charge is -2.32. The number of hydrogen-bond acceptors (Lipinski definition) is 6. The maximum Gasteiger partial charge on any atom is 0.419 e. The van der Waals surface area contributed by atoms with E-state index in [1.165, 1.54) is 6.07 Å². The molecule has 0 bridgehead atoms. The summed E-state index contributed by atoms with van der Waals surface area (Å²) in [5, 5.41) is 9.17. The van der Waals surface area contributed by atoms with E-state index in [2.05, 4.69) is 0 Å². The van der Waals surface area contributed by atoms with Crippen LogP contribution in [-0.4, -0.2) is 61.0 Å². The van der Waals surface area contributed by atoms with Crippen LogP contribution in [-0.2, 0) is 22.3 Å². The van der Waals surface area contributed by atoms with Gasteiger partial charge in [0.1, 0.15) is 30.5 Å². The first kappa shape index (κ1) is 25.8. The highest BCUT2D eigenvalue weighted by atomic mass is 19.4. The van der Waals surface area contributed by atoms with Crippen molar-refractivity contribution in [3.05, 3.63) is 58.7 Å². The fourth-order valence-electron chi connectivity index (χ4n) is 4.07. The van der Waals surface area contributed by atoms with Gasteiger partial charge in [-0.25, -0.2) is 4.79 Å². The van der Waals surface area contributed by atoms with Gasteiger partial charge in [0.05, 0.1) is 18.3 Å². The van der Waals surface area contributed by atoms with Gasteiger partial charge in [-0.15, -0.1) is 0 Å². The third-order valence-corrected chi connectivity index (χ3v) is 5.73. The minimum absolute atomic E-state index is 0.0489. The SMILES string of the molecule is CC(C)Oc1ccc(COc2ccc3c(c2)OCC(CN2CCOC(C(=O)O)C2)=C3)cc1C(F)(F)F. The van der Waals surface area contributed by atoms with E-state index in [0.717, 1.165) is 17.2 Å². The molecule has 0 spiro atoms. The topological polar surface area (TPSA) is 77.5 Å². The van der Waals surface area contributed by atoms with E-state index < -0.39 is 23.8 Å². The van der Waals surface area contributed by atoms with Gasteiger partial charge in [0.2, 0.25) is 0 Å². The monoisotopic (exact) mass is 507 g/mol. The van der Waals surface area contributed by atoms with Crippen LogP contribution in [0.3, 0.4) is 0 Å². The predicted octanol–water partition coefficient (Wildman–Crippen LogP) is 4.63. The van der Waals surface area contributed by atoms with Crippen molar-refractivity contribution >= 4 is 12.0 Å².